The molecule has 0 bridgehead atoms. The molecule has 0 aromatic heterocycles. The highest BCUT2D eigenvalue weighted by molar-refractivity contribution is 5.95. The zero-order valence-electron chi connectivity index (χ0n) is 24.2. The predicted molar refractivity (Wildman–Crippen MR) is 157 cm³/mol. The number of amides is 4. The minimum Gasteiger partial charge on any atom is -0.344 e. The van der Waals surface area contributed by atoms with Gasteiger partial charge in [0, 0.05) is 19.3 Å². The lowest BCUT2D eigenvalue weighted by atomic mass is 9.98. The van der Waals surface area contributed by atoms with Crippen LogP contribution < -0.4 is 21.3 Å². The normalized spacial score (nSPS) is 23.7. The van der Waals surface area contributed by atoms with Crippen LogP contribution in [0.3, 0.4) is 0 Å². The maximum atomic E-state index is 13.4. The van der Waals surface area contributed by atoms with Crippen LogP contribution in [0, 0.1) is 5.92 Å². The molecule has 9 nitrogen and oxygen atoms in total. The molecule has 1 heterocycles. The molecular formula is C32H42N4O5. The minimum atomic E-state index is -0.935. The van der Waals surface area contributed by atoms with Gasteiger partial charge in [0.05, 0.1) is 6.04 Å². The van der Waals surface area contributed by atoms with E-state index in [4.69, 9.17) is 0 Å². The summed E-state index contributed by atoms with van der Waals surface area (Å²) in [6.07, 6.45) is 2.17. The number of ketones is 1. The van der Waals surface area contributed by atoms with E-state index < -0.39 is 41.9 Å². The van der Waals surface area contributed by atoms with Gasteiger partial charge in [-0.15, -0.1) is 0 Å². The van der Waals surface area contributed by atoms with Gasteiger partial charge in [0.2, 0.25) is 23.6 Å². The Bertz CT molecular complexity index is 1190. The van der Waals surface area contributed by atoms with Crippen molar-refractivity contribution in [3.8, 4) is 0 Å². The molecule has 0 unspecified atom stereocenters. The fourth-order valence-corrected chi connectivity index (χ4v) is 4.83. The minimum absolute atomic E-state index is 0.0688. The van der Waals surface area contributed by atoms with Crippen molar-refractivity contribution in [3.63, 3.8) is 0 Å². The Labute approximate surface area is 242 Å². The molecule has 4 atom stereocenters. The summed E-state index contributed by atoms with van der Waals surface area (Å²) in [6, 6.07) is 15.2. The fourth-order valence-electron chi connectivity index (χ4n) is 4.83. The van der Waals surface area contributed by atoms with Gasteiger partial charge in [-0.3, -0.25) is 24.0 Å². The molecule has 1 aliphatic heterocycles. The number of Topliss-reactive ketones (excluding diaryl/α,β-unsaturated/α-hetero) is 1. The molecule has 0 spiro atoms. The lowest BCUT2D eigenvalue weighted by Crippen LogP contribution is -2.57. The number of hydrogen-bond acceptors (Lipinski definition) is 5. The van der Waals surface area contributed by atoms with Gasteiger partial charge in [-0.1, -0.05) is 74.5 Å². The average molecular weight is 563 g/mol. The standard InChI is InChI=1S/C32H42N4O5/c1-21(2)18-26-31(40)33-22(3)30(39)35-25(19-23-12-6-4-7-13-23)28(37)16-10-11-17-29(38)34-27(32(41)36-26)20-24-14-8-5-9-15-24/h4-9,12-15,21-22,25-27H,10-11,16-20H2,1-3H3,(H,33,40)(H,34,38)(H,35,39)(H,36,41)/t22-,25-,26-,27-/m0/s1. The van der Waals surface area contributed by atoms with Crippen molar-refractivity contribution in [1.29, 1.82) is 0 Å². The third-order valence-corrected chi connectivity index (χ3v) is 7.09. The van der Waals surface area contributed by atoms with Gasteiger partial charge in [0.15, 0.2) is 5.78 Å². The Morgan fingerprint density at radius 3 is 1.73 bits per heavy atom. The summed E-state index contributed by atoms with van der Waals surface area (Å²) in [5.41, 5.74) is 1.77. The zero-order chi connectivity index (χ0) is 29.8. The molecular weight excluding hydrogens is 520 g/mol. The number of carbonyl (C=O) groups excluding carboxylic acids is 5. The highest BCUT2D eigenvalue weighted by Crippen LogP contribution is 2.12. The number of hydrogen-bond donors (Lipinski definition) is 4. The third kappa shape index (κ3) is 10.5. The predicted octanol–water partition coefficient (Wildman–Crippen LogP) is 2.62. The van der Waals surface area contributed by atoms with Crippen LogP contribution in [0.2, 0.25) is 0 Å². The average Bonchev–Trinajstić information content (AvgIpc) is 2.94. The number of nitrogens with one attached hydrogen (secondary N) is 4. The Morgan fingerprint density at radius 1 is 0.634 bits per heavy atom. The summed E-state index contributed by atoms with van der Waals surface area (Å²) in [5, 5.41) is 11.2. The van der Waals surface area contributed by atoms with Gasteiger partial charge in [-0.2, -0.15) is 0 Å². The van der Waals surface area contributed by atoms with Crippen molar-refractivity contribution in [3.05, 3.63) is 71.8 Å². The Kier molecular flexibility index (Phi) is 12.1. The Balaban J connectivity index is 1.84. The van der Waals surface area contributed by atoms with E-state index in [2.05, 4.69) is 21.3 Å². The first-order chi connectivity index (χ1) is 19.6. The van der Waals surface area contributed by atoms with Gasteiger partial charge in [-0.05, 0) is 49.7 Å². The van der Waals surface area contributed by atoms with E-state index in [9.17, 15) is 24.0 Å². The molecule has 9 heteroatoms. The summed E-state index contributed by atoms with van der Waals surface area (Å²) in [7, 11) is 0. The van der Waals surface area contributed by atoms with Crippen molar-refractivity contribution >= 4 is 29.4 Å². The van der Waals surface area contributed by atoms with Crippen LogP contribution >= 0.6 is 0 Å². The van der Waals surface area contributed by atoms with Crippen LogP contribution in [0.25, 0.3) is 0 Å². The van der Waals surface area contributed by atoms with Crippen LogP contribution in [0.5, 0.6) is 0 Å². The number of rotatable bonds is 6. The lowest BCUT2D eigenvalue weighted by Gasteiger charge is -2.26. The molecule has 0 aliphatic carbocycles. The van der Waals surface area contributed by atoms with Crippen LogP contribution in [0.4, 0.5) is 0 Å². The zero-order valence-corrected chi connectivity index (χ0v) is 24.2. The first kappa shape index (κ1) is 31.5. The molecule has 220 valence electrons. The molecule has 1 fully saturated rings. The molecule has 41 heavy (non-hydrogen) atoms. The van der Waals surface area contributed by atoms with Crippen molar-refractivity contribution < 1.29 is 24.0 Å². The number of carbonyl (C=O) groups is 5. The first-order valence-electron chi connectivity index (χ1n) is 14.4. The monoisotopic (exact) mass is 562 g/mol. The number of benzene rings is 2. The first-order valence-corrected chi connectivity index (χ1v) is 14.4. The van der Waals surface area contributed by atoms with Crippen LogP contribution in [-0.2, 0) is 36.8 Å². The summed E-state index contributed by atoms with van der Waals surface area (Å²) in [5.74, 6) is -1.82. The van der Waals surface area contributed by atoms with E-state index in [1.807, 2.05) is 74.5 Å². The second kappa shape index (κ2) is 15.7. The molecule has 2 aromatic carbocycles. The second-order valence-electron chi connectivity index (χ2n) is 11.2. The van der Waals surface area contributed by atoms with E-state index in [1.165, 1.54) is 0 Å². The van der Waals surface area contributed by atoms with Crippen LogP contribution in [-0.4, -0.2) is 53.6 Å². The molecule has 0 radical (unpaired) electrons. The van der Waals surface area contributed by atoms with Crippen LogP contribution in [0.1, 0.15) is 64.0 Å². The van der Waals surface area contributed by atoms with E-state index in [1.54, 1.807) is 6.92 Å². The fraction of sp³-hybridized carbons (Fsp3) is 0.469. The quantitative estimate of drug-likeness (QED) is 0.430. The molecule has 4 amide bonds. The summed E-state index contributed by atoms with van der Waals surface area (Å²) in [4.78, 5) is 65.9. The topological polar surface area (TPSA) is 133 Å². The highest BCUT2D eigenvalue weighted by Gasteiger charge is 2.30. The van der Waals surface area contributed by atoms with Crippen LogP contribution in [0.15, 0.2) is 60.7 Å². The van der Waals surface area contributed by atoms with Crippen molar-refractivity contribution in [2.75, 3.05) is 0 Å². The van der Waals surface area contributed by atoms with E-state index in [0.717, 1.165) is 11.1 Å². The van der Waals surface area contributed by atoms with Gasteiger partial charge < -0.3 is 21.3 Å². The Morgan fingerprint density at radius 2 is 1.15 bits per heavy atom. The molecule has 1 aliphatic rings. The maximum Gasteiger partial charge on any atom is 0.243 e. The van der Waals surface area contributed by atoms with Gasteiger partial charge in [0.25, 0.3) is 0 Å². The highest BCUT2D eigenvalue weighted by atomic mass is 16.2. The smallest absolute Gasteiger partial charge is 0.243 e. The van der Waals surface area contributed by atoms with Gasteiger partial charge >= 0.3 is 0 Å². The molecule has 1 saturated heterocycles. The Hall–Kier alpha value is -4.01. The summed E-state index contributed by atoms with van der Waals surface area (Å²) >= 11 is 0. The molecule has 0 saturated carbocycles. The van der Waals surface area contributed by atoms with Crippen molar-refractivity contribution in [1.82, 2.24) is 21.3 Å². The maximum absolute atomic E-state index is 13.4. The SMILES string of the molecule is CC(C)C[C@@H]1NC(=O)[C@H](Cc2ccccc2)NC(=O)CCCCC(=O)[C@H](Cc2ccccc2)NC(=O)[C@H](C)NC1=O. The summed E-state index contributed by atoms with van der Waals surface area (Å²) in [6.45, 7) is 5.42. The molecule has 3 rings (SSSR count). The van der Waals surface area contributed by atoms with Gasteiger partial charge in [0.1, 0.15) is 18.1 Å². The third-order valence-electron chi connectivity index (χ3n) is 7.09. The second-order valence-corrected chi connectivity index (χ2v) is 11.2. The van der Waals surface area contributed by atoms with E-state index >= 15 is 0 Å². The molecule has 2 aromatic rings. The lowest BCUT2D eigenvalue weighted by molar-refractivity contribution is -0.134. The van der Waals surface area contributed by atoms with E-state index in [-0.39, 0.29) is 36.9 Å². The molecule has 4 N–H and O–H groups in total. The van der Waals surface area contributed by atoms with Crippen molar-refractivity contribution in [2.45, 2.75) is 89.9 Å². The summed E-state index contributed by atoms with van der Waals surface area (Å²) < 4.78 is 0. The largest absolute Gasteiger partial charge is 0.344 e. The van der Waals surface area contributed by atoms with Crippen molar-refractivity contribution in [2.24, 2.45) is 5.92 Å². The van der Waals surface area contributed by atoms with E-state index in [0.29, 0.717) is 25.7 Å². The van der Waals surface area contributed by atoms with Gasteiger partial charge in [-0.25, -0.2) is 0 Å².